The van der Waals surface area contributed by atoms with Gasteiger partial charge in [-0.05, 0) is 19.1 Å². The third-order valence-electron chi connectivity index (χ3n) is 3.76. The van der Waals surface area contributed by atoms with E-state index >= 15 is 0 Å². The lowest BCUT2D eigenvalue weighted by Crippen LogP contribution is -2.52. The Kier molecular flexibility index (Phi) is 4.39. The molecule has 1 aliphatic heterocycles. The Morgan fingerprint density at radius 2 is 2.29 bits per heavy atom. The number of carbonyl (C=O) groups excluding carboxylic acids is 2. The van der Waals surface area contributed by atoms with Crippen LogP contribution in [0.3, 0.4) is 0 Å². The Morgan fingerprint density at radius 3 is 2.92 bits per heavy atom. The molecule has 0 saturated carbocycles. The van der Waals surface area contributed by atoms with Crippen LogP contribution in [0.1, 0.15) is 33.5 Å². The standard InChI is InChI=1S/C16H21N5O3/c1-9(2)15(23)18-13-8-11(12-5-4-6-24-12)20-21(13)16-17-10(3)7-14(22)19-16/h4-6,8-10,16-17H,7H2,1-3H3,(H,18,23)(H,19,22). The molecule has 3 heterocycles. The van der Waals surface area contributed by atoms with E-state index in [0.29, 0.717) is 23.7 Å². The Hall–Kier alpha value is -2.61. The van der Waals surface area contributed by atoms with Gasteiger partial charge in [-0.25, -0.2) is 4.68 Å². The lowest BCUT2D eigenvalue weighted by molar-refractivity contribution is -0.125. The van der Waals surface area contributed by atoms with Gasteiger partial charge in [-0.1, -0.05) is 13.8 Å². The van der Waals surface area contributed by atoms with Gasteiger partial charge in [-0.15, -0.1) is 0 Å². The molecule has 2 aromatic rings. The fourth-order valence-electron chi connectivity index (χ4n) is 2.49. The number of aromatic nitrogens is 2. The van der Waals surface area contributed by atoms with Crippen molar-refractivity contribution in [2.24, 2.45) is 5.92 Å². The van der Waals surface area contributed by atoms with E-state index < -0.39 is 6.29 Å². The van der Waals surface area contributed by atoms with Crippen LogP contribution < -0.4 is 16.0 Å². The molecule has 0 aromatic carbocycles. The van der Waals surface area contributed by atoms with Gasteiger partial charge in [0.2, 0.25) is 11.8 Å². The van der Waals surface area contributed by atoms with Gasteiger partial charge in [-0.2, -0.15) is 5.10 Å². The van der Waals surface area contributed by atoms with E-state index in [2.05, 4.69) is 21.0 Å². The van der Waals surface area contributed by atoms with Gasteiger partial charge < -0.3 is 15.1 Å². The molecule has 0 bridgehead atoms. The van der Waals surface area contributed by atoms with Crippen LogP contribution in [0.25, 0.3) is 11.5 Å². The van der Waals surface area contributed by atoms with Crippen molar-refractivity contribution in [3.63, 3.8) is 0 Å². The minimum absolute atomic E-state index is 0.00802. The molecule has 3 N–H and O–H groups in total. The zero-order chi connectivity index (χ0) is 17.3. The van der Waals surface area contributed by atoms with Crippen LogP contribution in [0, 0.1) is 5.92 Å². The molecule has 2 aromatic heterocycles. The first-order chi connectivity index (χ1) is 11.4. The molecule has 128 valence electrons. The topological polar surface area (TPSA) is 101 Å². The average molecular weight is 331 g/mol. The van der Waals surface area contributed by atoms with E-state index in [0.717, 1.165) is 0 Å². The molecule has 2 atom stereocenters. The number of furan rings is 1. The van der Waals surface area contributed by atoms with Crippen LogP contribution in [0.15, 0.2) is 28.9 Å². The van der Waals surface area contributed by atoms with E-state index in [1.54, 1.807) is 29.1 Å². The summed E-state index contributed by atoms with van der Waals surface area (Å²) in [4.78, 5) is 23.9. The van der Waals surface area contributed by atoms with E-state index in [1.165, 1.54) is 0 Å². The fraction of sp³-hybridized carbons (Fsp3) is 0.438. The summed E-state index contributed by atoms with van der Waals surface area (Å²) in [6, 6.07) is 5.29. The molecule has 8 nitrogen and oxygen atoms in total. The number of anilines is 1. The summed E-state index contributed by atoms with van der Waals surface area (Å²) in [6.07, 6.45) is 1.42. The van der Waals surface area contributed by atoms with Gasteiger partial charge in [0.25, 0.3) is 0 Å². The first-order valence-electron chi connectivity index (χ1n) is 7.93. The van der Waals surface area contributed by atoms with Gasteiger partial charge in [-0.3, -0.25) is 14.9 Å². The Bertz CT molecular complexity index is 735. The van der Waals surface area contributed by atoms with Gasteiger partial charge in [0.1, 0.15) is 11.5 Å². The molecule has 0 aliphatic carbocycles. The second-order valence-electron chi connectivity index (χ2n) is 6.22. The molecule has 3 rings (SSSR count). The van der Waals surface area contributed by atoms with Crippen LogP contribution in [-0.4, -0.2) is 27.6 Å². The molecular weight excluding hydrogens is 310 g/mol. The predicted octanol–water partition coefficient (Wildman–Crippen LogP) is 1.69. The average Bonchev–Trinajstić information content (AvgIpc) is 3.14. The maximum Gasteiger partial charge on any atom is 0.228 e. The first-order valence-corrected chi connectivity index (χ1v) is 7.93. The van der Waals surface area contributed by atoms with Crippen molar-refractivity contribution in [2.45, 2.75) is 39.5 Å². The van der Waals surface area contributed by atoms with Crippen LogP contribution in [0.4, 0.5) is 5.82 Å². The highest BCUT2D eigenvalue weighted by Crippen LogP contribution is 2.25. The summed E-state index contributed by atoms with van der Waals surface area (Å²) in [5.74, 6) is 0.712. The SMILES string of the molecule is CC1CC(=O)NC(n2nc(-c3ccco3)cc2NC(=O)C(C)C)N1. The summed E-state index contributed by atoms with van der Waals surface area (Å²) in [5, 5.41) is 13.4. The van der Waals surface area contributed by atoms with Gasteiger partial charge in [0.05, 0.1) is 6.26 Å². The Morgan fingerprint density at radius 1 is 1.50 bits per heavy atom. The van der Waals surface area contributed by atoms with E-state index in [1.807, 2.05) is 20.8 Å². The molecule has 2 amide bonds. The molecule has 1 saturated heterocycles. The van der Waals surface area contributed by atoms with Crippen molar-refractivity contribution in [3.8, 4) is 11.5 Å². The lowest BCUT2D eigenvalue weighted by Gasteiger charge is -2.30. The minimum Gasteiger partial charge on any atom is -0.463 e. The number of nitrogens with one attached hydrogen (secondary N) is 3. The third-order valence-corrected chi connectivity index (χ3v) is 3.76. The zero-order valence-corrected chi connectivity index (χ0v) is 13.9. The number of hydrogen-bond donors (Lipinski definition) is 3. The smallest absolute Gasteiger partial charge is 0.228 e. The normalized spacial score (nSPS) is 20.9. The number of amides is 2. The second kappa shape index (κ2) is 6.48. The summed E-state index contributed by atoms with van der Waals surface area (Å²) < 4.78 is 6.93. The fourth-order valence-corrected chi connectivity index (χ4v) is 2.49. The second-order valence-corrected chi connectivity index (χ2v) is 6.22. The van der Waals surface area contributed by atoms with Crippen molar-refractivity contribution in [2.75, 3.05) is 5.32 Å². The first kappa shape index (κ1) is 16.3. The third kappa shape index (κ3) is 3.33. The van der Waals surface area contributed by atoms with Gasteiger partial charge >= 0.3 is 0 Å². The predicted molar refractivity (Wildman–Crippen MR) is 87.8 cm³/mol. The van der Waals surface area contributed by atoms with Crippen molar-refractivity contribution in [1.29, 1.82) is 0 Å². The highest BCUT2D eigenvalue weighted by Gasteiger charge is 2.27. The van der Waals surface area contributed by atoms with Crippen molar-refractivity contribution >= 4 is 17.6 Å². The maximum atomic E-state index is 12.1. The van der Waals surface area contributed by atoms with Crippen LogP contribution in [0.5, 0.6) is 0 Å². The summed E-state index contributed by atoms with van der Waals surface area (Å²) in [5.41, 5.74) is 0.577. The Balaban J connectivity index is 1.95. The summed E-state index contributed by atoms with van der Waals surface area (Å²) in [7, 11) is 0. The van der Waals surface area contributed by atoms with Crippen LogP contribution in [-0.2, 0) is 9.59 Å². The molecule has 24 heavy (non-hydrogen) atoms. The quantitative estimate of drug-likeness (QED) is 0.791. The lowest BCUT2D eigenvalue weighted by atomic mass is 10.2. The maximum absolute atomic E-state index is 12.1. The van der Waals surface area contributed by atoms with Crippen LogP contribution in [0.2, 0.25) is 0 Å². The van der Waals surface area contributed by atoms with E-state index in [9.17, 15) is 9.59 Å². The molecule has 2 unspecified atom stereocenters. The Labute approximate surface area is 139 Å². The van der Waals surface area contributed by atoms with E-state index in [-0.39, 0.29) is 23.8 Å². The molecule has 0 radical (unpaired) electrons. The van der Waals surface area contributed by atoms with Gasteiger partial charge in [0, 0.05) is 24.4 Å². The van der Waals surface area contributed by atoms with Crippen molar-refractivity contribution in [3.05, 3.63) is 24.5 Å². The number of rotatable bonds is 4. The summed E-state index contributed by atoms with van der Waals surface area (Å²) >= 11 is 0. The van der Waals surface area contributed by atoms with Gasteiger partial charge in [0.15, 0.2) is 12.0 Å². The zero-order valence-electron chi connectivity index (χ0n) is 13.9. The number of carbonyl (C=O) groups is 2. The highest BCUT2D eigenvalue weighted by atomic mass is 16.3. The molecule has 1 fully saturated rings. The molecule has 1 aliphatic rings. The monoisotopic (exact) mass is 331 g/mol. The summed E-state index contributed by atoms with van der Waals surface area (Å²) in [6.45, 7) is 5.55. The molecule has 0 spiro atoms. The van der Waals surface area contributed by atoms with Crippen molar-refractivity contribution < 1.29 is 14.0 Å². The highest BCUT2D eigenvalue weighted by molar-refractivity contribution is 5.91. The molecule has 8 heteroatoms. The number of hydrogen-bond acceptors (Lipinski definition) is 5. The van der Waals surface area contributed by atoms with E-state index in [4.69, 9.17) is 4.42 Å². The number of nitrogens with zero attached hydrogens (tertiary/aromatic N) is 2. The van der Waals surface area contributed by atoms with Crippen molar-refractivity contribution in [1.82, 2.24) is 20.4 Å². The van der Waals surface area contributed by atoms with Crippen LogP contribution >= 0.6 is 0 Å². The largest absolute Gasteiger partial charge is 0.463 e. The minimum atomic E-state index is -0.535. The molecular formula is C16H21N5O3.